The molecule has 1 fully saturated rings. The van der Waals surface area contributed by atoms with Crippen molar-refractivity contribution in [2.24, 2.45) is 10.9 Å². The quantitative estimate of drug-likeness (QED) is 0.291. The maximum Gasteiger partial charge on any atom is 0.211 e. The first kappa shape index (κ1) is 26.3. The van der Waals surface area contributed by atoms with Crippen molar-refractivity contribution in [1.82, 2.24) is 14.9 Å². The molecular formula is C19H32ClIN4O3S. The highest BCUT2D eigenvalue weighted by Gasteiger charge is 2.24. The second kappa shape index (κ2) is 12.8. The molecule has 2 rings (SSSR count). The van der Waals surface area contributed by atoms with Gasteiger partial charge in [0.15, 0.2) is 5.96 Å². The van der Waals surface area contributed by atoms with E-state index in [4.69, 9.17) is 16.3 Å². The first-order chi connectivity index (χ1) is 13.3. The van der Waals surface area contributed by atoms with E-state index in [0.29, 0.717) is 37.1 Å². The van der Waals surface area contributed by atoms with Gasteiger partial charge >= 0.3 is 0 Å². The SMILES string of the molecule is CCNC(=NCC1CCN(S(C)(=O)=O)CC1)NCCc1ccc(OC)cc1Cl.I. The van der Waals surface area contributed by atoms with Gasteiger partial charge < -0.3 is 15.4 Å². The highest BCUT2D eigenvalue weighted by Crippen LogP contribution is 2.22. The third kappa shape index (κ3) is 8.85. The third-order valence-electron chi connectivity index (χ3n) is 4.84. The van der Waals surface area contributed by atoms with E-state index in [1.807, 2.05) is 25.1 Å². The second-order valence-corrected chi connectivity index (χ2v) is 9.35. The van der Waals surface area contributed by atoms with Gasteiger partial charge in [-0.2, -0.15) is 0 Å². The Morgan fingerprint density at radius 3 is 2.55 bits per heavy atom. The predicted octanol–water partition coefficient (Wildman–Crippen LogP) is 2.74. The Balaban J connectivity index is 0.00000420. The van der Waals surface area contributed by atoms with Crippen LogP contribution in [0, 0.1) is 5.92 Å². The Morgan fingerprint density at radius 2 is 2.00 bits per heavy atom. The minimum absolute atomic E-state index is 0. The van der Waals surface area contributed by atoms with E-state index in [0.717, 1.165) is 43.1 Å². The lowest BCUT2D eigenvalue weighted by atomic mass is 9.98. The first-order valence-corrected chi connectivity index (χ1v) is 11.9. The van der Waals surface area contributed by atoms with Crippen molar-refractivity contribution in [3.05, 3.63) is 28.8 Å². The van der Waals surface area contributed by atoms with E-state index in [9.17, 15) is 8.42 Å². The number of nitrogens with one attached hydrogen (secondary N) is 2. The number of piperidine rings is 1. The lowest BCUT2D eigenvalue weighted by Crippen LogP contribution is -2.40. The van der Waals surface area contributed by atoms with E-state index in [1.54, 1.807) is 11.4 Å². The first-order valence-electron chi connectivity index (χ1n) is 9.63. The van der Waals surface area contributed by atoms with Crippen LogP contribution in [0.15, 0.2) is 23.2 Å². The number of methoxy groups -OCH3 is 1. The highest BCUT2D eigenvalue weighted by atomic mass is 127. The summed E-state index contributed by atoms with van der Waals surface area (Å²) in [5.41, 5.74) is 1.05. The van der Waals surface area contributed by atoms with Crippen molar-refractivity contribution in [3.63, 3.8) is 0 Å². The van der Waals surface area contributed by atoms with Crippen LogP contribution < -0.4 is 15.4 Å². The molecular weight excluding hydrogens is 527 g/mol. The van der Waals surface area contributed by atoms with Crippen molar-refractivity contribution < 1.29 is 13.2 Å². The Labute approximate surface area is 196 Å². The molecule has 1 aliphatic rings. The van der Waals surface area contributed by atoms with Crippen LogP contribution in [-0.4, -0.2) is 64.8 Å². The number of nitrogens with zero attached hydrogens (tertiary/aromatic N) is 2. The summed E-state index contributed by atoms with van der Waals surface area (Å²) in [7, 11) is -1.46. The van der Waals surface area contributed by atoms with Gasteiger partial charge in [-0.05, 0) is 49.8 Å². The monoisotopic (exact) mass is 558 g/mol. The number of guanidine groups is 1. The Kier molecular flexibility index (Phi) is 11.6. The minimum atomic E-state index is -3.08. The normalized spacial score (nSPS) is 16.2. The molecule has 1 aromatic rings. The summed E-state index contributed by atoms with van der Waals surface area (Å²) in [5.74, 6) is 1.93. The molecule has 0 unspecified atom stereocenters. The van der Waals surface area contributed by atoms with E-state index in [1.165, 1.54) is 6.26 Å². The van der Waals surface area contributed by atoms with Crippen LogP contribution in [0.2, 0.25) is 5.02 Å². The number of benzene rings is 1. The Bertz CT molecular complexity index is 769. The smallest absolute Gasteiger partial charge is 0.211 e. The van der Waals surface area contributed by atoms with Gasteiger partial charge in [0.2, 0.25) is 10.0 Å². The summed E-state index contributed by atoms with van der Waals surface area (Å²) in [5, 5.41) is 7.29. The number of aliphatic imine (C=N–C) groups is 1. The molecule has 1 aromatic carbocycles. The molecule has 0 spiro atoms. The van der Waals surface area contributed by atoms with E-state index in [-0.39, 0.29) is 24.0 Å². The van der Waals surface area contributed by atoms with Gasteiger partial charge in [0, 0.05) is 37.7 Å². The molecule has 0 aliphatic carbocycles. The summed E-state index contributed by atoms with van der Waals surface area (Å²) in [6, 6.07) is 5.70. The van der Waals surface area contributed by atoms with E-state index in [2.05, 4.69) is 15.6 Å². The molecule has 166 valence electrons. The molecule has 7 nitrogen and oxygen atoms in total. The summed E-state index contributed by atoms with van der Waals surface area (Å²) < 4.78 is 29.9. The summed E-state index contributed by atoms with van der Waals surface area (Å²) in [4.78, 5) is 4.68. The van der Waals surface area contributed by atoms with Crippen molar-refractivity contribution in [3.8, 4) is 5.75 Å². The minimum Gasteiger partial charge on any atom is -0.497 e. The molecule has 1 heterocycles. The molecule has 29 heavy (non-hydrogen) atoms. The van der Waals surface area contributed by atoms with Crippen LogP contribution in [0.25, 0.3) is 0 Å². The fourth-order valence-electron chi connectivity index (χ4n) is 3.16. The van der Waals surface area contributed by atoms with Crippen molar-refractivity contribution in [2.75, 3.05) is 46.1 Å². The van der Waals surface area contributed by atoms with Gasteiger partial charge in [0.25, 0.3) is 0 Å². The fraction of sp³-hybridized carbons (Fsp3) is 0.632. The van der Waals surface area contributed by atoms with Crippen LogP contribution in [0.1, 0.15) is 25.3 Å². The second-order valence-electron chi connectivity index (χ2n) is 6.96. The number of sulfonamides is 1. The average Bonchev–Trinajstić information content (AvgIpc) is 2.66. The van der Waals surface area contributed by atoms with Crippen LogP contribution >= 0.6 is 35.6 Å². The zero-order chi connectivity index (χ0) is 20.6. The molecule has 0 atom stereocenters. The lowest BCUT2D eigenvalue weighted by molar-refractivity contribution is 0.280. The standard InChI is InChI=1S/C19H31ClN4O3S.HI/c1-4-21-19(22-10-7-16-5-6-17(27-2)13-18(16)20)23-14-15-8-11-24(12-9-15)28(3,25)26;/h5-6,13,15H,4,7-12,14H2,1-3H3,(H2,21,22,23);1H. The van der Waals surface area contributed by atoms with Gasteiger partial charge in [-0.15, -0.1) is 24.0 Å². The molecule has 0 saturated carbocycles. The van der Waals surface area contributed by atoms with E-state index < -0.39 is 10.0 Å². The van der Waals surface area contributed by atoms with Gasteiger partial charge in [-0.25, -0.2) is 12.7 Å². The number of hydrogen-bond acceptors (Lipinski definition) is 4. The Hall–Kier alpha value is -0.780. The van der Waals surface area contributed by atoms with Crippen LogP contribution in [0.4, 0.5) is 0 Å². The molecule has 1 aliphatic heterocycles. The molecule has 0 radical (unpaired) electrons. The lowest BCUT2D eigenvalue weighted by Gasteiger charge is -2.29. The molecule has 0 bridgehead atoms. The molecule has 0 amide bonds. The summed E-state index contributed by atoms with van der Waals surface area (Å²) in [6.45, 7) is 5.38. The summed E-state index contributed by atoms with van der Waals surface area (Å²) in [6.07, 6.45) is 3.74. The zero-order valence-electron chi connectivity index (χ0n) is 17.3. The van der Waals surface area contributed by atoms with Gasteiger partial charge in [-0.1, -0.05) is 17.7 Å². The predicted molar refractivity (Wildman–Crippen MR) is 130 cm³/mol. The van der Waals surface area contributed by atoms with Crippen LogP contribution in [0.3, 0.4) is 0 Å². The van der Waals surface area contributed by atoms with Crippen molar-refractivity contribution >= 4 is 51.6 Å². The maximum absolute atomic E-state index is 11.6. The average molecular weight is 559 g/mol. The van der Waals surface area contributed by atoms with Crippen LogP contribution in [-0.2, 0) is 16.4 Å². The molecule has 0 aromatic heterocycles. The topological polar surface area (TPSA) is 83.0 Å². The molecule has 1 saturated heterocycles. The number of ether oxygens (including phenoxy) is 1. The molecule has 2 N–H and O–H groups in total. The van der Waals surface area contributed by atoms with Gasteiger partial charge in [0.1, 0.15) is 5.75 Å². The third-order valence-corrected chi connectivity index (χ3v) is 6.50. The summed E-state index contributed by atoms with van der Waals surface area (Å²) >= 11 is 6.29. The zero-order valence-corrected chi connectivity index (χ0v) is 21.2. The van der Waals surface area contributed by atoms with Crippen molar-refractivity contribution in [2.45, 2.75) is 26.2 Å². The number of rotatable bonds is 8. The van der Waals surface area contributed by atoms with Crippen molar-refractivity contribution in [1.29, 1.82) is 0 Å². The van der Waals surface area contributed by atoms with E-state index >= 15 is 0 Å². The Morgan fingerprint density at radius 1 is 1.31 bits per heavy atom. The maximum atomic E-state index is 11.6. The van der Waals surface area contributed by atoms with Gasteiger partial charge in [-0.3, -0.25) is 4.99 Å². The fourth-order valence-corrected chi connectivity index (χ4v) is 4.30. The number of hydrogen-bond donors (Lipinski definition) is 2. The number of halogens is 2. The molecule has 10 heteroatoms. The largest absolute Gasteiger partial charge is 0.497 e. The van der Waals surface area contributed by atoms with Crippen LogP contribution in [0.5, 0.6) is 5.75 Å². The highest BCUT2D eigenvalue weighted by molar-refractivity contribution is 14.0. The van der Waals surface area contributed by atoms with Gasteiger partial charge in [0.05, 0.1) is 13.4 Å².